The van der Waals surface area contributed by atoms with E-state index in [4.69, 9.17) is 23.8 Å². The summed E-state index contributed by atoms with van der Waals surface area (Å²) in [5.41, 5.74) is 2.88. The number of nitrogens with one attached hydrogen (secondary N) is 3. The zero-order valence-corrected chi connectivity index (χ0v) is 20.4. The minimum Gasteiger partial charge on any atom is -0.332 e. The van der Waals surface area contributed by atoms with Crippen LogP contribution in [0.5, 0.6) is 0 Å². The van der Waals surface area contributed by atoms with Gasteiger partial charge in [-0.2, -0.15) is 0 Å². The summed E-state index contributed by atoms with van der Waals surface area (Å²) in [7, 11) is 0. The molecule has 4 rings (SSSR count). The first-order valence-electron chi connectivity index (χ1n) is 11.0. The van der Waals surface area contributed by atoms with Gasteiger partial charge in [0.15, 0.2) is 5.11 Å². The fourth-order valence-corrected chi connectivity index (χ4v) is 4.05. The van der Waals surface area contributed by atoms with E-state index >= 15 is 0 Å². The number of anilines is 2. The van der Waals surface area contributed by atoms with Crippen molar-refractivity contribution in [3.63, 3.8) is 0 Å². The zero-order chi connectivity index (χ0) is 25.5. The van der Waals surface area contributed by atoms with Crippen molar-refractivity contribution in [2.24, 2.45) is 0 Å². The van der Waals surface area contributed by atoms with E-state index in [9.17, 15) is 14.0 Å². The van der Waals surface area contributed by atoms with E-state index in [0.29, 0.717) is 16.9 Å². The second-order valence-corrected chi connectivity index (χ2v) is 8.68. The van der Waals surface area contributed by atoms with Gasteiger partial charge in [-0.3, -0.25) is 9.59 Å². The fourth-order valence-electron chi connectivity index (χ4n) is 3.65. The Morgan fingerprint density at radius 2 is 1.36 bits per heavy atom. The summed E-state index contributed by atoms with van der Waals surface area (Å²) in [4.78, 5) is 25.9. The molecule has 0 radical (unpaired) electrons. The Hall–Kier alpha value is -4.07. The van der Waals surface area contributed by atoms with E-state index in [1.807, 2.05) is 60.7 Å². The molecule has 0 aliphatic carbocycles. The van der Waals surface area contributed by atoms with Gasteiger partial charge < -0.3 is 16.0 Å². The molecule has 8 heteroatoms. The molecule has 0 atom stereocenters. The third-order valence-corrected chi connectivity index (χ3v) is 5.82. The molecular weight excluding hydrogens is 497 g/mol. The Bertz CT molecular complexity index is 1360. The van der Waals surface area contributed by atoms with Crippen molar-refractivity contribution in [1.29, 1.82) is 0 Å². The summed E-state index contributed by atoms with van der Waals surface area (Å²) in [6.45, 7) is 0. The monoisotopic (exact) mass is 517 g/mol. The molecule has 4 aromatic carbocycles. The normalized spacial score (nSPS) is 10.5. The molecule has 3 N–H and O–H groups in total. The molecule has 0 aliphatic rings. The lowest BCUT2D eigenvalue weighted by Crippen LogP contribution is -2.37. The summed E-state index contributed by atoms with van der Waals surface area (Å²) in [6, 6.07) is 29.4. The van der Waals surface area contributed by atoms with Crippen LogP contribution >= 0.6 is 23.8 Å². The second kappa shape index (κ2) is 11.6. The summed E-state index contributed by atoms with van der Waals surface area (Å²) in [5.74, 6) is -1.82. The molecule has 4 aromatic rings. The number of rotatable bonds is 6. The summed E-state index contributed by atoms with van der Waals surface area (Å²) in [6.07, 6.45) is 0. The molecule has 0 fully saturated rings. The van der Waals surface area contributed by atoms with E-state index in [0.717, 1.165) is 11.1 Å². The van der Waals surface area contributed by atoms with Gasteiger partial charge in [-0.05, 0) is 59.7 Å². The van der Waals surface area contributed by atoms with Gasteiger partial charge in [-0.1, -0.05) is 78.3 Å². The average Bonchev–Trinajstić information content (AvgIpc) is 2.88. The Labute approximate surface area is 218 Å². The fraction of sp³-hybridized carbons (Fsp3) is 0.0357. The topological polar surface area (TPSA) is 70.2 Å². The third kappa shape index (κ3) is 6.33. The van der Waals surface area contributed by atoms with Gasteiger partial charge in [-0.15, -0.1) is 0 Å². The van der Waals surface area contributed by atoms with E-state index in [1.54, 1.807) is 24.3 Å². The van der Waals surface area contributed by atoms with Gasteiger partial charge in [0.1, 0.15) is 5.82 Å². The predicted molar refractivity (Wildman–Crippen MR) is 145 cm³/mol. The van der Waals surface area contributed by atoms with Gasteiger partial charge in [0, 0.05) is 16.9 Å². The minimum absolute atomic E-state index is 0.0892. The van der Waals surface area contributed by atoms with Crippen molar-refractivity contribution < 1.29 is 14.0 Å². The van der Waals surface area contributed by atoms with Crippen molar-refractivity contribution in [2.75, 3.05) is 10.6 Å². The number of hydrogen-bond donors (Lipinski definition) is 3. The number of halogens is 2. The number of carbonyl (C=O) groups is 2. The Morgan fingerprint density at radius 1 is 0.750 bits per heavy atom. The van der Waals surface area contributed by atoms with E-state index in [1.165, 1.54) is 18.2 Å². The standard InChI is InChI=1S/C28H21ClFN3O2S/c29-23-17-22(14-15-24(23)30)31-26(34)20-12-7-13-21(16-20)32-28(36)33-27(35)25(18-8-3-1-4-9-18)19-10-5-2-6-11-19/h1-17,25H,(H,31,34)(H2,32,33,35,36). The van der Waals surface area contributed by atoms with Crippen LogP contribution in [0.15, 0.2) is 103 Å². The highest BCUT2D eigenvalue weighted by Crippen LogP contribution is 2.25. The lowest BCUT2D eigenvalue weighted by Gasteiger charge is -2.19. The van der Waals surface area contributed by atoms with E-state index in [2.05, 4.69) is 16.0 Å². The van der Waals surface area contributed by atoms with Crippen molar-refractivity contribution in [3.05, 3.63) is 131 Å². The van der Waals surface area contributed by atoms with Crippen LogP contribution in [0.4, 0.5) is 15.8 Å². The quantitative estimate of drug-likeness (QED) is 0.260. The maximum absolute atomic E-state index is 13.4. The van der Waals surface area contributed by atoms with Crippen LogP contribution in [-0.4, -0.2) is 16.9 Å². The maximum atomic E-state index is 13.4. The molecule has 36 heavy (non-hydrogen) atoms. The van der Waals surface area contributed by atoms with Gasteiger partial charge in [0.2, 0.25) is 5.91 Å². The van der Waals surface area contributed by atoms with Crippen LogP contribution < -0.4 is 16.0 Å². The molecule has 0 bridgehead atoms. The summed E-state index contributed by atoms with van der Waals surface area (Å²) in [5, 5.41) is 8.39. The van der Waals surface area contributed by atoms with Crippen LogP contribution in [0.2, 0.25) is 5.02 Å². The summed E-state index contributed by atoms with van der Waals surface area (Å²) >= 11 is 11.2. The number of amides is 2. The first-order valence-corrected chi connectivity index (χ1v) is 11.8. The lowest BCUT2D eigenvalue weighted by molar-refractivity contribution is -0.120. The number of carbonyl (C=O) groups excluding carboxylic acids is 2. The lowest BCUT2D eigenvalue weighted by atomic mass is 9.90. The van der Waals surface area contributed by atoms with Crippen LogP contribution in [0, 0.1) is 5.82 Å². The van der Waals surface area contributed by atoms with E-state index in [-0.39, 0.29) is 16.0 Å². The van der Waals surface area contributed by atoms with Gasteiger partial charge in [0.05, 0.1) is 10.9 Å². The molecule has 2 amide bonds. The maximum Gasteiger partial charge on any atom is 0.255 e. The zero-order valence-electron chi connectivity index (χ0n) is 18.9. The molecule has 180 valence electrons. The van der Waals surface area contributed by atoms with Gasteiger partial charge in [0.25, 0.3) is 5.91 Å². The number of hydrogen-bond acceptors (Lipinski definition) is 3. The molecule has 0 aromatic heterocycles. The minimum atomic E-state index is -0.571. The Balaban J connectivity index is 1.44. The molecule has 0 heterocycles. The molecule has 0 unspecified atom stereocenters. The van der Waals surface area contributed by atoms with Crippen molar-refractivity contribution in [3.8, 4) is 0 Å². The molecular formula is C28H21ClFN3O2S. The van der Waals surface area contributed by atoms with Gasteiger partial charge in [-0.25, -0.2) is 4.39 Å². The number of benzene rings is 4. The molecule has 0 saturated carbocycles. The van der Waals surface area contributed by atoms with Crippen LogP contribution in [0.3, 0.4) is 0 Å². The van der Waals surface area contributed by atoms with E-state index < -0.39 is 17.6 Å². The second-order valence-electron chi connectivity index (χ2n) is 7.86. The highest BCUT2D eigenvalue weighted by molar-refractivity contribution is 7.80. The van der Waals surface area contributed by atoms with Crippen molar-refractivity contribution in [2.45, 2.75) is 5.92 Å². The highest BCUT2D eigenvalue weighted by atomic mass is 35.5. The van der Waals surface area contributed by atoms with Crippen LogP contribution in [0.1, 0.15) is 27.4 Å². The van der Waals surface area contributed by atoms with Crippen molar-refractivity contribution >= 4 is 52.1 Å². The SMILES string of the molecule is O=C(Nc1ccc(F)c(Cl)c1)c1cccc(NC(=S)NC(=O)C(c2ccccc2)c2ccccc2)c1. The predicted octanol–water partition coefficient (Wildman–Crippen LogP) is 6.38. The van der Waals surface area contributed by atoms with Crippen molar-refractivity contribution in [1.82, 2.24) is 5.32 Å². The summed E-state index contributed by atoms with van der Waals surface area (Å²) < 4.78 is 13.4. The molecule has 0 saturated heterocycles. The largest absolute Gasteiger partial charge is 0.332 e. The first kappa shape index (κ1) is 25.0. The first-order chi connectivity index (χ1) is 17.4. The smallest absolute Gasteiger partial charge is 0.255 e. The third-order valence-electron chi connectivity index (χ3n) is 5.32. The average molecular weight is 518 g/mol. The molecule has 0 aliphatic heterocycles. The molecule has 0 spiro atoms. The number of thiocarbonyl (C=S) groups is 1. The highest BCUT2D eigenvalue weighted by Gasteiger charge is 2.23. The van der Waals surface area contributed by atoms with Crippen LogP contribution in [0.25, 0.3) is 0 Å². The van der Waals surface area contributed by atoms with Gasteiger partial charge >= 0.3 is 0 Å². The Morgan fingerprint density at radius 3 is 1.97 bits per heavy atom. The molecule has 5 nitrogen and oxygen atoms in total. The Kier molecular flexibility index (Phi) is 8.05. The van der Waals surface area contributed by atoms with Crippen LogP contribution in [-0.2, 0) is 4.79 Å².